The summed E-state index contributed by atoms with van der Waals surface area (Å²) in [6.07, 6.45) is 1.45. The largest absolute Gasteiger partial charge is 0.296 e. The van der Waals surface area contributed by atoms with E-state index in [2.05, 4.69) is 21.3 Å². The number of benzene rings is 2. The first-order valence-electron chi connectivity index (χ1n) is 7.90. The van der Waals surface area contributed by atoms with E-state index >= 15 is 0 Å². The second-order valence-electron chi connectivity index (χ2n) is 5.99. The molecule has 0 saturated carbocycles. The van der Waals surface area contributed by atoms with Crippen LogP contribution in [0.1, 0.15) is 11.1 Å². The molecule has 0 spiro atoms. The van der Waals surface area contributed by atoms with E-state index in [-0.39, 0.29) is 10.7 Å². The van der Waals surface area contributed by atoms with Crippen molar-refractivity contribution in [1.29, 1.82) is 0 Å². The Kier molecular flexibility index (Phi) is 5.65. The van der Waals surface area contributed by atoms with Gasteiger partial charge in [-0.25, -0.2) is 4.98 Å². The summed E-state index contributed by atoms with van der Waals surface area (Å²) < 4.78 is 67.3. The van der Waals surface area contributed by atoms with Gasteiger partial charge in [-0.05, 0) is 48.7 Å². The fourth-order valence-corrected chi connectivity index (χ4v) is 4.37. The van der Waals surface area contributed by atoms with Crippen molar-refractivity contribution >= 4 is 42.4 Å². The molecule has 12 heteroatoms. The molecule has 3 aromatic rings. The Balaban J connectivity index is 2.36. The van der Waals surface area contributed by atoms with E-state index in [9.17, 15) is 25.9 Å². The van der Waals surface area contributed by atoms with Crippen molar-refractivity contribution in [3.8, 4) is 11.1 Å². The van der Waals surface area contributed by atoms with E-state index in [1.54, 1.807) is 31.4 Å². The van der Waals surface area contributed by atoms with Crippen LogP contribution in [-0.4, -0.2) is 30.9 Å². The highest BCUT2D eigenvalue weighted by Gasteiger charge is 2.26. The molecule has 0 atom stereocenters. The first kappa shape index (κ1) is 21.2. The lowest BCUT2D eigenvalue weighted by molar-refractivity contribution is 0.479. The molecule has 2 N–H and O–H groups in total. The van der Waals surface area contributed by atoms with Crippen molar-refractivity contribution < 1.29 is 25.9 Å². The second kappa shape index (κ2) is 7.72. The predicted octanol–water partition coefficient (Wildman–Crippen LogP) is 4.14. The molecule has 0 bridgehead atoms. The van der Waals surface area contributed by atoms with Crippen molar-refractivity contribution in [2.75, 3.05) is 0 Å². The third kappa shape index (κ3) is 4.74. The van der Waals surface area contributed by atoms with Crippen LogP contribution in [0.15, 0.2) is 55.9 Å². The first-order chi connectivity index (χ1) is 13.5. The van der Waals surface area contributed by atoms with Gasteiger partial charge in [-0.15, -0.1) is 21.6 Å². The van der Waals surface area contributed by atoms with Gasteiger partial charge >= 0.3 is 0 Å². The average Bonchev–Trinajstić information content (AvgIpc) is 3.13. The van der Waals surface area contributed by atoms with E-state index in [1.807, 2.05) is 0 Å². The zero-order valence-electron chi connectivity index (χ0n) is 15.1. The summed E-state index contributed by atoms with van der Waals surface area (Å²) in [5.41, 5.74) is 1.02. The maximum Gasteiger partial charge on any atom is 0.296 e. The fraction of sp³-hybridized carbons (Fsp3) is 0.118. The smallest absolute Gasteiger partial charge is 0.282 e. The summed E-state index contributed by atoms with van der Waals surface area (Å²) in [7, 11) is -9.56. The van der Waals surface area contributed by atoms with Gasteiger partial charge in [-0.3, -0.25) is 9.11 Å². The Morgan fingerprint density at radius 2 is 1.66 bits per heavy atom. The molecular weight excluding hydrogens is 438 g/mol. The lowest BCUT2D eigenvalue weighted by atomic mass is 9.98. The lowest BCUT2D eigenvalue weighted by Gasteiger charge is -2.14. The van der Waals surface area contributed by atoms with Gasteiger partial charge in [0.1, 0.15) is 15.5 Å². The number of nitrogens with zero attached hydrogens (tertiary/aromatic N) is 3. The Labute approximate surface area is 171 Å². The van der Waals surface area contributed by atoms with Crippen LogP contribution in [0.2, 0.25) is 0 Å². The van der Waals surface area contributed by atoms with E-state index in [1.165, 1.54) is 6.20 Å². The molecular formula is C17H14N3O6S3. The van der Waals surface area contributed by atoms with Crippen molar-refractivity contribution in [1.82, 2.24) is 4.98 Å². The van der Waals surface area contributed by atoms with Gasteiger partial charge in [-0.2, -0.15) is 16.8 Å². The van der Waals surface area contributed by atoms with Crippen LogP contribution >= 0.6 is 11.3 Å². The molecule has 0 saturated heterocycles. The van der Waals surface area contributed by atoms with Gasteiger partial charge in [0.25, 0.3) is 20.2 Å². The highest BCUT2D eigenvalue weighted by atomic mass is 32.2. The number of aromatic nitrogens is 1. The number of thiazole rings is 1. The third-order valence-electron chi connectivity index (χ3n) is 3.87. The normalized spacial score (nSPS) is 12.6. The minimum atomic E-state index is -4.80. The number of rotatable bonds is 5. The molecule has 9 nitrogen and oxygen atoms in total. The summed E-state index contributed by atoms with van der Waals surface area (Å²) in [6, 6.07) is 7.91. The van der Waals surface area contributed by atoms with E-state index in [0.29, 0.717) is 16.7 Å². The van der Waals surface area contributed by atoms with Gasteiger partial charge in [0, 0.05) is 17.1 Å². The molecule has 0 unspecified atom stereocenters. The molecule has 151 valence electrons. The van der Waals surface area contributed by atoms with Crippen LogP contribution in [0.5, 0.6) is 0 Å². The second-order valence-corrected chi connectivity index (χ2v) is 9.65. The molecule has 29 heavy (non-hydrogen) atoms. The predicted molar refractivity (Wildman–Crippen MR) is 106 cm³/mol. The zero-order chi connectivity index (χ0) is 21.4. The molecule has 0 aliphatic carbocycles. The third-order valence-corrected chi connectivity index (χ3v) is 6.30. The summed E-state index contributed by atoms with van der Waals surface area (Å²) in [6.45, 7) is 3.39. The summed E-state index contributed by atoms with van der Waals surface area (Å²) in [5.74, 6) is 0. The lowest BCUT2D eigenvalue weighted by Crippen LogP contribution is -2.06. The van der Waals surface area contributed by atoms with E-state index in [4.69, 9.17) is 0 Å². The maximum atomic E-state index is 12.0. The van der Waals surface area contributed by atoms with Gasteiger partial charge in [-0.1, -0.05) is 12.1 Å². The molecule has 1 radical (unpaired) electrons. The van der Waals surface area contributed by atoms with Crippen LogP contribution in [0.3, 0.4) is 0 Å². The molecule has 0 fully saturated rings. The number of hydrogen-bond donors (Lipinski definition) is 2. The van der Waals surface area contributed by atoms with Crippen LogP contribution in [0, 0.1) is 19.9 Å². The summed E-state index contributed by atoms with van der Waals surface area (Å²) in [4.78, 5) is 2.62. The Morgan fingerprint density at radius 3 is 2.24 bits per heavy atom. The molecule has 1 heterocycles. The highest BCUT2D eigenvalue weighted by Crippen LogP contribution is 2.38. The monoisotopic (exact) mass is 452 g/mol. The van der Waals surface area contributed by atoms with Crippen LogP contribution in [0.25, 0.3) is 11.1 Å². The highest BCUT2D eigenvalue weighted by molar-refractivity contribution is 7.86. The van der Waals surface area contributed by atoms with E-state index in [0.717, 1.165) is 23.5 Å². The molecule has 3 rings (SSSR count). The molecule has 0 amide bonds. The zero-order valence-corrected chi connectivity index (χ0v) is 17.5. The fourth-order valence-electron chi connectivity index (χ4n) is 2.58. The maximum absolute atomic E-state index is 12.0. The Bertz CT molecular complexity index is 1310. The van der Waals surface area contributed by atoms with Crippen LogP contribution in [-0.2, 0) is 20.2 Å². The number of azo groups is 1. The number of aryl methyl sites for hydroxylation is 2. The van der Waals surface area contributed by atoms with Crippen molar-refractivity contribution in [3.63, 3.8) is 0 Å². The average molecular weight is 453 g/mol. The molecule has 0 aliphatic rings. The molecule has 2 aromatic carbocycles. The van der Waals surface area contributed by atoms with Crippen LogP contribution in [0.4, 0.5) is 10.8 Å². The van der Waals surface area contributed by atoms with Crippen molar-refractivity contribution in [2.24, 2.45) is 10.2 Å². The SMILES string of the molecule is Cc1[c]cc(C)c(-c2cc(S(=O)(=O)O)c(N=Nc3nccs3)cc2S(=O)(=O)O)c1. The molecule has 0 aliphatic heterocycles. The summed E-state index contributed by atoms with van der Waals surface area (Å²) >= 11 is 1.11. The Hall–Kier alpha value is -2.51. The number of hydrogen-bond acceptors (Lipinski definition) is 8. The summed E-state index contributed by atoms with van der Waals surface area (Å²) in [5, 5.41) is 9.26. The van der Waals surface area contributed by atoms with Crippen molar-refractivity contribution in [3.05, 3.63) is 53.0 Å². The quantitative estimate of drug-likeness (QED) is 0.437. The van der Waals surface area contributed by atoms with Gasteiger partial charge < -0.3 is 0 Å². The topological polar surface area (TPSA) is 146 Å². The molecule has 1 aromatic heterocycles. The van der Waals surface area contributed by atoms with E-state index < -0.39 is 35.7 Å². The van der Waals surface area contributed by atoms with Gasteiger partial charge in [0.05, 0.1) is 0 Å². The Morgan fingerprint density at radius 1 is 0.966 bits per heavy atom. The van der Waals surface area contributed by atoms with Gasteiger partial charge in [0.2, 0.25) is 5.13 Å². The minimum absolute atomic E-state index is 0.108. The first-order valence-corrected chi connectivity index (χ1v) is 11.7. The van der Waals surface area contributed by atoms with Gasteiger partial charge in [0.15, 0.2) is 0 Å². The van der Waals surface area contributed by atoms with Crippen LogP contribution < -0.4 is 0 Å². The minimum Gasteiger partial charge on any atom is -0.282 e. The van der Waals surface area contributed by atoms with Crippen molar-refractivity contribution in [2.45, 2.75) is 23.6 Å². The standard InChI is InChI=1S/C17H14N3O6S3/c1-10-3-4-11(2)12(7-10)13-8-16(29(24,25)26)14(9-15(13)28(21,22)23)19-20-17-18-5-6-27-17/h4-9H,1-2H3,(H,21,22,23)(H,24,25,26).